The first kappa shape index (κ1) is 29.5. The average Bonchev–Trinajstić information content (AvgIpc) is 3.36. The molecule has 1 amide bonds. The number of fused-ring (bicyclic) bond motifs is 1. The van der Waals surface area contributed by atoms with Gasteiger partial charge in [-0.25, -0.2) is 9.37 Å². The number of carbonyl (C=O) groups is 1. The van der Waals surface area contributed by atoms with E-state index in [2.05, 4.69) is 21.5 Å². The Morgan fingerprint density at radius 1 is 1.15 bits per heavy atom. The Morgan fingerprint density at radius 3 is 2.60 bits per heavy atom. The summed E-state index contributed by atoms with van der Waals surface area (Å²) in [4.78, 5) is 21.1. The molecule has 0 unspecified atom stereocenters. The van der Waals surface area contributed by atoms with Crippen molar-refractivity contribution in [2.75, 3.05) is 38.6 Å². The first-order chi connectivity index (χ1) is 19.0. The number of rotatable bonds is 6. The molecule has 12 heteroatoms. The van der Waals surface area contributed by atoms with Crippen LogP contribution in [-0.4, -0.2) is 79.7 Å². The lowest BCUT2D eigenvalue weighted by Crippen LogP contribution is -2.46. The van der Waals surface area contributed by atoms with E-state index in [0.717, 1.165) is 5.56 Å². The zero-order valence-electron chi connectivity index (χ0n) is 23.4. The van der Waals surface area contributed by atoms with Gasteiger partial charge in [0.05, 0.1) is 23.7 Å². The molecule has 1 aromatic heterocycles. The van der Waals surface area contributed by atoms with E-state index in [9.17, 15) is 17.6 Å². The number of ether oxygens (including phenoxy) is 2. The highest BCUT2D eigenvalue weighted by atomic mass is 32.2. The largest absolute Gasteiger partial charge is 0.491 e. The van der Waals surface area contributed by atoms with Crippen LogP contribution in [0.3, 0.4) is 0 Å². The maximum atomic E-state index is 13.9. The number of sulfonamides is 1. The molecule has 1 aliphatic rings. The number of anilines is 1. The quantitative estimate of drug-likeness (QED) is 0.482. The summed E-state index contributed by atoms with van der Waals surface area (Å²) < 4.78 is 55.7. The average molecular weight is 574 g/mol. The van der Waals surface area contributed by atoms with Crippen molar-refractivity contribution in [2.24, 2.45) is 13.0 Å². The van der Waals surface area contributed by atoms with Gasteiger partial charge in [-0.2, -0.15) is 8.42 Å². The number of hydrogen-bond donors (Lipinski definition) is 1. The molecule has 0 fully saturated rings. The van der Waals surface area contributed by atoms with Gasteiger partial charge in [0.1, 0.15) is 18.2 Å². The molecule has 0 bridgehead atoms. The molecule has 2 heterocycles. The summed E-state index contributed by atoms with van der Waals surface area (Å²) in [7, 11) is 1.06. The minimum atomic E-state index is -3.95. The van der Waals surface area contributed by atoms with E-state index in [1.54, 1.807) is 38.2 Å². The fourth-order valence-electron chi connectivity index (χ4n) is 4.74. The minimum Gasteiger partial charge on any atom is -0.491 e. The Bertz CT molecular complexity index is 1450. The standard InChI is InChI=1S/C28H36FN5O5S/c1-19-13-34(14-21-7-6-8-22(29)11-21)20(2)17-39-25-12-23(31-40(36,37)27-16-32(3)18-30-27)9-10-24(25)28(35)33(4)15-26(19)38-5/h6-12,16,18-20,26,31H,13-15,17H2,1-5H3/t19-,20-,26+/m0/s1. The molecule has 40 heavy (non-hydrogen) atoms. The topological polar surface area (TPSA) is 106 Å². The van der Waals surface area contributed by atoms with Gasteiger partial charge in [-0.05, 0) is 42.7 Å². The normalized spacial score (nSPS) is 21.2. The van der Waals surface area contributed by atoms with Crippen molar-refractivity contribution in [1.82, 2.24) is 19.4 Å². The fourth-order valence-corrected chi connectivity index (χ4v) is 5.77. The molecule has 0 spiro atoms. The second-order valence-electron chi connectivity index (χ2n) is 10.4. The van der Waals surface area contributed by atoms with Crippen molar-refractivity contribution in [3.63, 3.8) is 0 Å². The number of halogens is 1. The molecule has 0 aliphatic carbocycles. The van der Waals surface area contributed by atoms with E-state index in [0.29, 0.717) is 25.2 Å². The third-order valence-electron chi connectivity index (χ3n) is 7.06. The van der Waals surface area contributed by atoms with Crippen LogP contribution in [0.5, 0.6) is 5.75 Å². The van der Waals surface area contributed by atoms with Gasteiger partial charge in [0.2, 0.25) is 0 Å². The number of imidazole rings is 1. The monoisotopic (exact) mass is 573 g/mol. The molecule has 4 rings (SSSR count). The van der Waals surface area contributed by atoms with E-state index in [1.165, 1.54) is 41.4 Å². The minimum absolute atomic E-state index is 0.0542. The van der Waals surface area contributed by atoms with E-state index in [1.807, 2.05) is 13.0 Å². The van der Waals surface area contributed by atoms with Crippen LogP contribution in [0.1, 0.15) is 29.8 Å². The molecule has 3 atom stereocenters. The first-order valence-electron chi connectivity index (χ1n) is 13.0. The lowest BCUT2D eigenvalue weighted by atomic mass is 10.0. The molecule has 3 aromatic rings. The highest BCUT2D eigenvalue weighted by molar-refractivity contribution is 7.92. The maximum absolute atomic E-state index is 13.9. The molecule has 216 valence electrons. The van der Waals surface area contributed by atoms with Crippen molar-refractivity contribution < 1.29 is 27.1 Å². The van der Waals surface area contributed by atoms with E-state index in [-0.39, 0.29) is 52.9 Å². The number of carbonyl (C=O) groups excluding carboxylic acids is 1. The summed E-state index contributed by atoms with van der Waals surface area (Å²) in [5.74, 6) is -0.265. The van der Waals surface area contributed by atoms with Crippen molar-refractivity contribution in [3.05, 3.63) is 71.9 Å². The van der Waals surface area contributed by atoms with Crippen LogP contribution in [0.15, 0.2) is 60.0 Å². The second-order valence-corrected chi connectivity index (χ2v) is 12.0. The Labute approximate surface area is 234 Å². The van der Waals surface area contributed by atoms with Gasteiger partial charge >= 0.3 is 0 Å². The van der Waals surface area contributed by atoms with Crippen molar-refractivity contribution in [3.8, 4) is 5.75 Å². The number of likely N-dealkylation sites (N-methyl/N-ethyl adjacent to an activating group) is 1. The predicted molar refractivity (Wildman–Crippen MR) is 149 cm³/mol. The van der Waals surface area contributed by atoms with Gasteiger partial charge in [-0.1, -0.05) is 19.1 Å². The Kier molecular flexibility index (Phi) is 9.12. The molecule has 2 aromatic carbocycles. The van der Waals surface area contributed by atoms with Crippen LogP contribution < -0.4 is 9.46 Å². The van der Waals surface area contributed by atoms with E-state index >= 15 is 0 Å². The number of methoxy groups -OCH3 is 1. The van der Waals surface area contributed by atoms with Gasteiger partial charge in [-0.15, -0.1) is 0 Å². The molecule has 1 N–H and O–H groups in total. The third-order valence-corrected chi connectivity index (χ3v) is 8.33. The number of hydrogen-bond acceptors (Lipinski definition) is 7. The fraction of sp³-hybridized carbons (Fsp3) is 0.429. The second kappa shape index (κ2) is 12.4. The third kappa shape index (κ3) is 6.98. The van der Waals surface area contributed by atoms with Gasteiger partial charge in [-0.3, -0.25) is 14.4 Å². The summed E-state index contributed by atoms with van der Waals surface area (Å²) in [5.41, 5.74) is 1.37. The number of nitrogens with one attached hydrogen (secondary N) is 1. The maximum Gasteiger partial charge on any atom is 0.280 e. The predicted octanol–water partition coefficient (Wildman–Crippen LogP) is 3.37. The number of aryl methyl sites for hydroxylation is 1. The van der Waals surface area contributed by atoms with E-state index < -0.39 is 10.0 Å². The zero-order chi connectivity index (χ0) is 29.0. The van der Waals surface area contributed by atoms with Crippen LogP contribution >= 0.6 is 0 Å². The Balaban J connectivity index is 1.66. The van der Waals surface area contributed by atoms with Crippen molar-refractivity contribution in [1.29, 1.82) is 0 Å². The summed E-state index contributed by atoms with van der Waals surface area (Å²) >= 11 is 0. The number of aromatic nitrogens is 2. The smallest absolute Gasteiger partial charge is 0.280 e. The van der Waals surface area contributed by atoms with Gasteiger partial charge in [0.15, 0.2) is 5.03 Å². The van der Waals surface area contributed by atoms with Gasteiger partial charge in [0, 0.05) is 59.1 Å². The molecule has 0 saturated carbocycles. The number of benzene rings is 2. The molecule has 0 saturated heterocycles. The lowest BCUT2D eigenvalue weighted by molar-refractivity contribution is 0.00920. The summed E-state index contributed by atoms with van der Waals surface area (Å²) in [6, 6.07) is 11.0. The highest BCUT2D eigenvalue weighted by Gasteiger charge is 2.29. The zero-order valence-corrected chi connectivity index (χ0v) is 24.2. The summed E-state index contributed by atoms with van der Waals surface area (Å²) in [6.07, 6.45) is 2.55. The Hall–Kier alpha value is -3.48. The van der Waals surface area contributed by atoms with E-state index in [4.69, 9.17) is 9.47 Å². The van der Waals surface area contributed by atoms with Crippen molar-refractivity contribution in [2.45, 2.75) is 37.6 Å². The highest BCUT2D eigenvalue weighted by Crippen LogP contribution is 2.28. The lowest BCUT2D eigenvalue weighted by Gasteiger charge is -2.36. The van der Waals surface area contributed by atoms with Crippen LogP contribution in [-0.2, 0) is 28.4 Å². The molecule has 1 aliphatic heterocycles. The number of nitrogens with zero attached hydrogens (tertiary/aromatic N) is 4. The molecule has 0 radical (unpaired) electrons. The van der Waals surface area contributed by atoms with Crippen LogP contribution in [0.2, 0.25) is 0 Å². The SMILES string of the molecule is CO[C@@H]1CN(C)C(=O)c2ccc(NS(=O)(=O)c3cn(C)cn3)cc2OC[C@H](C)N(Cc2cccc(F)c2)C[C@@H]1C. The first-order valence-corrected chi connectivity index (χ1v) is 14.5. The summed E-state index contributed by atoms with van der Waals surface area (Å²) in [6.45, 7) is 5.73. The van der Waals surface area contributed by atoms with Gasteiger partial charge in [0.25, 0.3) is 15.9 Å². The number of amides is 1. The van der Waals surface area contributed by atoms with Crippen molar-refractivity contribution >= 4 is 21.6 Å². The molecular formula is C28H36FN5O5S. The molecule has 10 nitrogen and oxygen atoms in total. The molecular weight excluding hydrogens is 537 g/mol. The van der Waals surface area contributed by atoms with Crippen LogP contribution in [0, 0.1) is 11.7 Å². The summed E-state index contributed by atoms with van der Waals surface area (Å²) in [5, 5.41) is -0.124. The van der Waals surface area contributed by atoms with Gasteiger partial charge < -0.3 is 18.9 Å². The Morgan fingerprint density at radius 2 is 1.93 bits per heavy atom. The van der Waals surface area contributed by atoms with Crippen LogP contribution in [0.4, 0.5) is 10.1 Å². The van der Waals surface area contributed by atoms with Crippen LogP contribution in [0.25, 0.3) is 0 Å².